The van der Waals surface area contributed by atoms with Crippen molar-refractivity contribution in [2.24, 2.45) is 0 Å². The van der Waals surface area contributed by atoms with E-state index in [0.29, 0.717) is 0 Å². The van der Waals surface area contributed by atoms with Crippen LogP contribution < -0.4 is 10.6 Å². The Kier molecular flexibility index (Phi) is 17.7. The quantitative estimate of drug-likeness (QED) is 0.0586. The van der Waals surface area contributed by atoms with Gasteiger partial charge in [-0.15, -0.1) is 0 Å². The average molecular weight is 719 g/mol. The van der Waals surface area contributed by atoms with Gasteiger partial charge in [0.2, 0.25) is 11.8 Å². The number of carbonyl (C=O) groups is 2. The van der Waals surface area contributed by atoms with E-state index in [0.717, 1.165) is 0 Å². The minimum absolute atomic E-state index is 0.0797. The van der Waals surface area contributed by atoms with E-state index in [1.54, 1.807) is 13.8 Å². The fourth-order valence-corrected chi connectivity index (χ4v) is 5.34. The lowest BCUT2D eigenvalue weighted by Gasteiger charge is -2.43. The van der Waals surface area contributed by atoms with Crippen LogP contribution in [0.1, 0.15) is 48.5 Å². The molecule has 18 nitrogen and oxygen atoms in total. The van der Waals surface area contributed by atoms with Gasteiger partial charge >= 0.3 is 7.60 Å². The van der Waals surface area contributed by atoms with E-state index in [-0.39, 0.29) is 52.9 Å². The molecule has 0 radical (unpaired) electrons. The summed E-state index contributed by atoms with van der Waals surface area (Å²) in [5.74, 6) is -0.963. The molecular formula is C29H55N2O16P. The van der Waals surface area contributed by atoms with Gasteiger partial charge in [0.25, 0.3) is 0 Å². The summed E-state index contributed by atoms with van der Waals surface area (Å²) < 4.78 is 56.7. The summed E-state index contributed by atoms with van der Waals surface area (Å²) >= 11 is 0. The second-order valence-electron chi connectivity index (χ2n) is 12.8. The van der Waals surface area contributed by atoms with Crippen molar-refractivity contribution in [3.63, 3.8) is 0 Å². The molecule has 2 heterocycles. The molecule has 11 unspecified atom stereocenters. The average Bonchev–Trinajstić information content (AvgIpc) is 2.98. The van der Waals surface area contributed by atoms with Crippen LogP contribution >= 0.6 is 7.60 Å². The van der Waals surface area contributed by atoms with Crippen molar-refractivity contribution in [3.8, 4) is 0 Å². The Bertz CT molecular complexity index is 1030. The molecule has 0 aromatic carbocycles. The Hall–Kier alpha value is -1.35. The number of hydrogen-bond donors (Lipinski definition) is 7. The summed E-state index contributed by atoms with van der Waals surface area (Å²) in [4.78, 5) is 33.3. The molecule has 7 N–H and O–H groups in total. The van der Waals surface area contributed by atoms with Crippen LogP contribution in [0, 0.1) is 0 Å². The molecule has 19 heteroatoms. The zero-order chi connectivity index (χ0) is 36.2. The van der Waals surface area contributed by atoms with Crippen molar-refractivity contribution >= 4 is 19.4 Å². The SMILES string of the molecule is CC(=O)NC1C(OCCOCC2OC(OCCOC(C)(C)C)C(NC(C)=O)C(O)C2O)OC(COCCOP(=O)(O)C(C)C)C(O)C1O. The van der Waals surface area contributed by atoms with Gasteiger partial charge in [0.1, 0.15) is 48.7 Å². The molecule has 0 aliphatic carbocycles. The summed E-state index contributed by atoms with van der Waals surface area (Å²) in [6.07, 6.45) is -10.3. The smallest absolute Gasteiger partial charge is 0.330 e. The van der Waals surface area contributed by atoms with Crippen molar-refractivity contribution in [3.05, 3.63) is 0 Å². The third kappa shape index (κ3) is 14.1. The summed E-state index contributed by atoms with van der Waals surface area (Å²) in [6, 6.07) is -2.20. The molecule has 2 fully saturated rings. The molecule has 11 atom stereocenters. The highest BCUT2D eigenvalue weighted by Crippen LogP contribution is 2.46. The number of rotatable bonds is 19. The lowest BCUT2D eigenvalue weighted by molar-refractivity contribution is -0.281. The predicted molar refractivity (Wildman–Crippen MR) is 167 cm³/mol. The first-order valence-corrected chi connectivity index (χ1v) is 17.6. The first kappa shape index (κ1) is 42.8. The van der Waals surface area contributed by atoms with Crippen LogP contribution in [0.3, 0.4) is 0 Å². The van der Waals surface area contributed by atoms with E-state index in [1.165, 1.54) is 13.8 Å². The van der Waals surface area contributed by atoms with E-state index in [2.05, 4.69) is 10.6 Å². The maximum absolute atomic E-state index is 11.9. The van der Waals surface area contributed by atoms with Gasteiger partial charge in [-0.05, 0) is 20.8 Å². The molecule has 2 amide bonds. The second-order valence-corrected chi connectivity index (χ2v) is 15.3. The summed E-state index contributed by atoms with van der Waals surface area (Å²) in [6.45, 7) is 10.6. The van der Waals surface area contributed by atoms with Gasteiger partial charge in [0.15, 0.2) is 12.6 Å². The van der Waals surface area contributed by atoms with Crippen molar-refractivity contribution in [2.75, 3.05) is 52.9 Å². The second kappa shape index (κ2) is 19.9. The van der Waals surface area contributed by atoms with Crippen LogP contribution in [0.5, 0.6) is 0 Å². The number of carbonyl (C=O) groups excluding carboxylic acids is 2. The third-order valence-electron chi connectivity index (χ3n) is 7.27. The molecule has 2 aliphatic heterocycles. The normalized spacial score (nSPS) is 32.5. The van der Waals surface area contributed by atoms with E-state index < -0.39 is 92.0 Å². The Balaban J connectivity index is 1.91. The standard InChI is InChI=1S/C29H55N2O16P/c1-16(2)48(38,39)45-13-9-41-15-20-24(35)25(36)21(30-17(3)32)27(46-20)42-10-8-40-14-19-23(34)26(37)22(31-18(4)33)28(47-19)43-11-12-44-29(5,6)7/h16,19-28,34-37H,8-15H2,1-7H3,(H,30,32)(H,31,33)(H,38,39). The van der Waals surface area contributed by atoms with E-state index in [1.807, 2.05) is 20.8 Å². The molecule has 282 valence electrons. The van der Waals surface area contributed by atoms with Gasteiger partial charge in [-0.25, -0.2) is 0 Å². The number of nitrogens with one attached hydrogen (secondary N) is 2. The molecule has 0 aromatic rings. The largest absolute Gasteiger partial charge is 0.388 e. The third-order valence-corrected chi connectivity index (χ3v) is 9.13. The number of hydrogen-bond acceptors (Lipinski definition) is 15. The fourth-order valence-electron chi connectivity index (χ4n) is 4.71. The van der Waals surface area contributed by atoms with E-state index in [4.69, 9.17) is 37.7 Å². The molecule has 2 aliphatic rings. The fraction of sp³-hybridized carbons (Fsp3) is 0.931. The van der Waals surface area contributed by atoms with Crippen molar-refractivity contribution in [2.45, 2.75) is 121 Å². The number of ether oxygens (including phenoxy) is 7. The van der Waals surface area contributed by atoms with Crippen molar-refractivity contribution < 1.29 is 77.2 Å². The van der Waals surface area contributed by atoms with Crippen molar-refractivity contribution in [1.29, 1.82) is 0 Å². The first-order chi connectivity index (χ1) is 22.3. The zero-order valence-electron chi connectivity index (χ0n) is 28.7. The number of aliphatic hydroxyl groups excluding tert-OH is 4. The Morgan fingerprint density at radius 3 is 1.54 bits per heavy atom. The molecule has 48 heavy (non-hydrogen) atoms. The van der Waals surface area contributed by atoms with Crippen LogP contribution in [0.25, 0.3) is 0 Å². The van der Waals surface area contributed by atoms with Crippen LogP contribution in [0.2, 0.25) is 0 Å². The zero-order valence-corrected chi connectivity index (χ0v) is 29.6. The maximum Gasteiger partial charge on any atom is 0.330 e. The van der Waals surface area contributed by atoms with Gasteiger partial charge < -0.3 is 73.6 Å². The number of aliphatic hydroxyl groups is 4. The number of amides is 2. The monoisotopic (exact) mass is 718 g/mol. The Labute approximate surface area is 281 Å². The van der Waals surface area contributed by atoms with Gasteiger partial charge in [0, 0.05) is 13.8 Å². The first-order valence-electron chi connectivity index (χ1n) is 15.9. The highest BCUT2D eigenvalue weighted by Gasteiger charge is 2.47. The van der Waals surface area contributed by atoms with Crippen LogP contribution in [-0.4, -0.2) is 163 Å². The molecule has 2 saturated heterocycles. The highest BCUT2D eigenvalue weighted by molar-refractivity contribution is 7.53. The van der Waals surface area contributed by atoms with Crippen LogP contribution in [0.4, 0.5) is 0 Å². The molecular weight excluding hydrogens is 663 g/mol. The summed E-state index contributed by atoms with van der Waals surface area (Å²) in [5, 5.41) is 47.8. The summed E-state index contributed by atoms with van der Waals surface area (Å²) in [7, 11) is -3.78. The van der Waals surface area contributed by atoms with Crippen LogP contribution in [-0.2, 0) is 51.8 Å². The predicted octanol–water partition coefficient (Wildman–Crippen LogP) is -1.62. The van der Waals surface area contributed by atoms with E-state index in [9.17, 15) is 39.5 Å². The molecule has 0 bridgehead atoms. The topological polar surface area (TPSA) is 250 Å². The maximum atomic E-state index is 11.9. The lowest BCUT2D eigenvalue weighted by atomic mass is 9.97. The molecule has 0 saturated carbocycles. The minimum Gasteiger partial charge on any atom is -0.388 e. The highest BCUT2D eigenvalue weighted by atomic mass is 31.2. The minimum atomic E-state index is -3.78. The van der Waals surface area contributed by atoms with Crippen LogP contribution in [0.15, 0.2) is 0 Å². The summed E-state index contributed by atoms with van der Waals surface area (Å²) in [5.41, 5.74) is -0.996. The Morgan fingerprint density at radius 1 is 0.729 bits per heavy atom. The van der Waals surface area contributed by atoms with Gasteiger partial charge in [-0.3, -0.25) is 14.2 Å². The molecule has 0 spiro atoms. The Morgan fingerprint density at radius 2 is 1.15 bits per heavy atom. The van der Waals surface area contributed by atoms with Gasteiger partial charge in [-0.1, -0.05) is 13.8 Å². The van der Waals surface area contributed by atoms with Crippen molar-refractivity contribution in [1.82, 2.24) is 10.6 Å². The van der Waals surface area contributed by atoms with E-state index >= 15 is 0 Å². The lowest BCUT2D eigenvalue weighted by Crippen LogP contribution is -2.65. The van der Waals surface area contributed by atoms with Gasteiger partial charge in [0.05, 0.1) is 64.1 Å². The molecule has 2 rings (SSSR count). The molecule has 0 aromatic heterocycles. The van der Waals surface area contributed by atoms with Gasteiger partial charge in [-0.2, -0.15) is 0 Å².